The van der Waals surface area contributed by atoms with Crippen LogP contribution in [0.15, 0.2) is 30.7 Å². The third-order valence-corrected chi connectivity index (χ3v) is 4.18. The van der Waals surface area contributed by atoms with Crippen molar-refractivity contribution in [2.45, 2.75) is 24.9 Å². The summed E-state index contributed by atoms with van der Waals surface area (Å²) in [6.45, 7) is 0.941. The van der Waals surface area contributed by atoms with E-state index in [2.05, 4.69) is 9.97 Å². The van der Waals surface area contributed by atoms with E-state index in [1.165, 1.54) is 10.8 Å². The van der Waals surface area contributed by atoms with Gasteiger partial charge in [0.15, 0.2) is 5.69 Å². The number of halogens is 3. The van der Waals surface area contributed by atoms with Crippen molar-refractivity contribution >= 4 is 5.91 Å². The van der Waals surface area contributed by atoms with E-state index in [-0.39, 0.29) is 11.8 Å². The molecule has 0 saturated carbocycles. The molecule has 3 rings (SSSR count). The molecule has 0 spiro atoms. The number of rotatable bonds is 2. The first-order valence-electron chi connectivity index (χ1n) is 7.66. The molecule has 2 aromatic heterocycles. The van der Waals surface area contributed by atoms with Gasteiger partial charge < -0.3 is 9.47 Å². The Balaban J connectivity index is 1.79. The van der Waals surface area contributed by atoms with Gasteiger partial charge in [-0.2, -0.15) is 13.2 Å². The van der Waals surface area contributed by atoms with Crippen molar-refractivity contribution in [3.05, 3.63) is 47.8 Å². The Kier molecular flexibility index (Phi) is 4.29. The molecule has 1 aliphatic rings. The van der Waals surface area contributed by atoms with Gasteiger partial charge in [-0.15, -0.1) is 0 Å². The molecule has 1 amide bonds. The summed E-state index contributed by atoms with van der Waals surface area (Å²) in [5.74, 6) is 0.00420. The van der Waals surface area contributed by atoms with Crippen molar-refractivity contribution in [2.24, 2.45) is 7.05 Å². The Morgan fingerprint density at radius 2 is 2.17 bits per heavy atom. The van der Waals surface area contributed by atoms with Crippen LogP contribution in [0.5, 0.6) is 0 Å². The van der Waals surface area contributed by atoms with Crippen molar-refractivity contribution in [3.8, 4) is 0 Å². The Morgan fingerprint density at radius 1 is 1.38 bits per heavy atom. The van der Waals surface area contributed by atoms with Crippen LogP contribution in [0.3, 0.4) is 0 Å². The van der Waals surface area contributed by atoms with Crippen molar-refractivity contribution in [1.82, 2.24) is 19.4 Å². The molecule has 0 N–H and O–H groups in total. The Labute approximate surface area is 137 Å². The first-order valence-corrected chi connectivity index (χ1v) is 7.66. The summed E-state index contributed by atoms with van der Waals surface area (Å²) in [5, 5.41) is 0. The number of aryl methyl sites for hydroxylation is 1. The number of alkyl halides is 3. The second-order valence-corrected chi connectivity index (χ2v) is 5.93. The van der Waals surface area contributed by atoms with Crippen molar-refractivity contribution in [1.29, 1.82) is 0 Å². The van der Waals surface area contributed by atoms with E-state index in [0.717, 1.165) is 12.6 Å². The molecule has 3 heterocycles. The van der Waals surface area contributed by atoms with Crippen LogP contribution < -0.4 is 0 Å². The number of carbonyl (C=O) groups excluding carboxylic acids is 1. The lowest BCUT2D eigenvalue weighted by molar-refractivity contribution is -0.141. The smallest absolute Gasteiger partial charge is 0.338 e. The minimum atomic E-state index is -4.46. The van der Waals surface area contributed by atoms with Crippen LogP contribution in [0.1, 0.15) is 40.6 Å². The zero-order chi connectivity index (χ0) is 17.3. The van der Waals surface area contributed by atoms with Gasteiger partial charge in [-0.1, -0.05) is 0 Å². The predicted octanol–water partition coefficient (Wildman–Crippen LogP) is 2.85. The van der Waals surface area contributed by atoms with E-state index in [4.69, 9.17) is 0 Å². The average Bonchev–Trinajstić information content (AvgIpc) is 2.97. The van der Waals surface area contributed by atoms with Gasteiger partial charge in [0.05, 0.1) is 5.56 Å². The summed E-state index contributed by atoms with van der Waals surface area (Å²) in [6.07, 6.45) is 1.05. The topological polar surface area (TPSA) is 51.0 Å². The molecular formula is C16H17F3N4O. The van der Waals surface area contributed by atoms with Gasteiger partial charge in [0.1, 0.15) is 5.82 Å². The molecule has 2 aromatic rings. The number of hydrogen-bond acceptors (Lipinski definition) is 3. The molecule has 128 valence electrons. The maximum absolute atomic E-state index is 12.8. The van der Waals surface area contributed by atoms with Gasteiger partial charge in [-0.25, -0.2) is 4.98 Å². The Hall–Kier alpha value is -2.38. The van der Waals surface area contributed by atoms with E-state index in [1.54, 1.807) is 30.3 Å². The molecule has 0 unspecified atom stereocenters. The highest BCUT2D eigenvalue weighted by molar-refractivity contribution is 5.93. The minimum absolute atomic E-state index is 0.155. The third-order valence-electron chi connectivity index (χ3n) is 4.18. The normalized spacial score (nSPS) is 18.7. The lowest BCUT2D eigenvalue weighted by Crippen LogP contribution is -2.39. The second-order valence-electron chi connectivity index (χ2n) is 5.93. The lowest BCUT2D eigenvalue weighted by atomic mass is 9.96. The predicted molar refractivity (Wildman–Crippen MR) is 80.3 cm³/mol. The first-order chi connectivity index (χ1) is 11.4. The Bertz CT molecular complexity index is 727. The van der Waals surface area contributed by atoms with Gasteiger partial charge in [0.2, 0.25) is 0 Å². The summed E-state index contributed by atoms with van der Waals surface area (Å²) in [4.78, 5) is 21.9. The van der Waals surface area contributed by atoms with Crippen LogP contribution in [0.25, 0.3) is 0 Å². The molecule has 0 radical (unpaired) electrons. The minimum Gasteiger partial charge on any atom is -0.338 e. The molecule has 1 saturated heterocycles. The molecule has 0 bridgehead atoms. The van der Waals surface area contributed by atoms with Crippen molar-refractivity contribution in [3.63, 3.8) is 0 Å². The molecule has 1 aliphatic heterocycles. The molecule has 8 heteroatoms. The highest BCUT2D eigenvalue weighted by Crippen LogP contribution is 2.32. The fraction of sp³-hybridized carbons (Fsp3) is 0.438. The van der Waals surface area contributed by atoms with E-state index in [9.17, 15) is 18.0 Å². The van der Waals surface area contributed by atoms with Crippen molar-refractivity contribution < 1.29 is 18.0 Å². The van der Waals surface area contributed by atoms with Crippen LogP contribution in [-0.2, 0) is 13.2 Å². The van der Waals surface area contributed by atoms with Crippen LogP contribution in [0.4, 0.5) is 13.2 Å². The maximum Gasteiger partial charge on any atom is 0.434 e. The largest absolute Gasteiger partial charge is 0.434 e. The standard InChI is InChI=1S/C16H17F3N4O/c1-22-10-13(16(17,18)19)21-14(22)12-5-3-7-23(9-12)15(24)11-4-2-6-20-8-11/h2,4,6,8,10,12H,3,5,7,9H2,1H3/t12-/m1/s1. The quantitative estimate of drug-likeness (QED) is 0.846. The van der Waals surface area contributed by atoms with Crippen LogP contribution in [0.2, 0.25) is 0 Å². The van der Waals surface area contributed by atoms with Gasteiger partial charge in [-0.05, 0) is 25.0 Å². The van der Waals surface area contributed by atoms with Gasteiger partial charge >= 0.3 is 6.18 Å². The number of carbonyl (C=O) groups is 1. The summed E-state index contributed by atoms with van der Waals surface area (Å²) >= 11 is 0. The summed E-state index contributed by atoms with van der Waals surface area (Å²) in [5.41, 5.74) is -0.412. The van der Waals surface area contributed by atoms with E-state index in [1.807, 2.05) is 0 Å². The number of likely N-dealkylation sites (tertiary alicyclic amines) is 1. The monoisotopic (exact) mass is 338 g/mol. The summed E-state index contributed by atoms with van der Waals surface area (Å²) in [6, 6.07) is 3.37. The molecule has 0 aromatic carbocycles. The fourth-order valence-electron chi connectivity index (χ4n) is 3.04. The number of aromatic nitrogens is 3. The molecule has 5 nitrogen and oxygen atoms in total. The van der Waals surface area contributed by atoms with Crippen LogP contribution in [-0.4, -0.2) is 38.4 Å². The van der Waals surface area contributed by atoms with Gasteiger partial charge in [-0.3, -0.25) is 9.78 Å². The lowest BCUT2D eigenvalue weighted by Gasteiger charge is -2.32. The van der Waals surface area contributed by atoms with Gasteiger partial charge in [0.25, 0.3) is 5.91 Å². The number of piperidine rings is 1. The molecule has 1 atom stereocenters. The van der Waals surface area contributed by atoms with Crippen LogP contribution >= 0.6 is 0 Å². The molecule has 1 fully saturated rings. The maximum atomic E-state index is 12.8. The molecule has 0 aliphatic carbocycles. The van der Waals surface area contributed by atoms with Crippen LogP contribution in [0, 0.1) is 0 Å². The van der Waals surface area contributed by atoms with E-state index >= 15 is 0 Å². The number of imidazole rings is 1. The zero-order valence-corrected chi connectivity index (χ0v) is 13.1. The highest BCUT2D eigenvalue weighted by Gasteiger charge is 2.36. The van der Waals surface area contributed by atoms with E-state index < -0.39 is 11.9 Å². The Morgan fingerprint density at radius 3 is 2.79 bits per heavy atom. The van der Waals surface area contributed by atoms with Crippen molar-refractivity contribution in [2.75, 3.05) is 13.1 Å². The number of amides is 1. The summed E-state index contributed by atoms with van der Waals surface area (Å²) < 4.78 is 39.9. The fourth-order valence-corrected chi connectivity index (χ4v) is 3.04. The number of hydrogen-bond donors (Lipinski definition) is 0. The number of nitrogens with zero attached hydrogens (tertiary/aromatic N) is 4. The number of pyridine rings is 1. The third kappa shape index (κ3) is 3.27. The molecule has 24 heavy (non-hydrogen) atoms. The first kappa shape index (κ1) is 16.5. The second kappa shape index (κ2) is 6.26. The summed E-state index contributed by atoms with van der Waals surface area (Å²) in [7, 11) is 1.56. The highest BCUT2D eigenvalue weighted by atomic mass is 19.4. The molecular weight excluding hydrogens is 321 g/mol. The SMILES string of the molecule is Cn1cc(C(F)(F)F)nc1[C@@H]1CCCN(C(=O)c2cccnc2)C1. The zero-order valence-electron chi connectivity index (χ0n) is 13.1. The van der Waals surface area contributed by atoms with Gasteiger partial charge in [0, 0.05) is 44.6 Å². The average molecular weight is 338 g/mol. The van der Waals surface area contributed by atoms with E-state index in [0.29, 0.717) is 30.9 Å².